The lowest BCUT2D eigenvalue weighted by Gasteiger charge is -2.32. The molecule has 1 aromatic heterocycles. The molecule has 0 radical (unpaired) electrons. The molecule has 0 spiro atoms. The molecule has 196 valence electrons. The van der Waals surface area contributed by atoms with Crippen molar-refractivity contribution >= 4 is 18.7 Å². The Balaban J connectivity index is 1.45. The zero-order valence-electron chi connectivity index (χ0n) is 22.0. The third-order valence-electron chi connectivity index (χ3n) is 7.64. The largest absolute Gasteiger partial charge is 0.494 e. The fourth-order valence-corrected chi connectivity index (χ4v) is 4.25. The summed E-state index contributed by atoms with van der Waals surface area (Å²) in [4.78, 5) is 19.8. The van der Waals surface area contributed by atoms with Crippen LogP contribution in [0.1, 0.15) is 53.3 Å². The maximum Gasteiger partial charge on any atom is 0.494 e. The number of aliphatic hydroxyl groups is 1. The molecule has 0 bridgehead atoms. The molecule has 2 fully saturated rings. The van der Waals surface area contributed by atoms with E-state index in [0.717, 1.165) is 35.4 Å². The molecule has 2 aromatic rings. The molecule has 1 aliphatic carbocycles. The van der Waals surface area contributed by atoms with Crippen LogP contribution in [-0.2, 0) is 24.3 Å². The predicted molar refractivity (Wildman–Crippen MR) is 136 cm³/mol. The fourth-order valence-electron chi connectivity index (χ4n) is 4.25. The van der Waals surface area contributed by atoms with Crippen LogP contribution in [0, 0.1) is 0 Å². The number of amides is 1. The molecule has 1 unspecified atom stereocenters. The predicted octanol–water partition coefficient (Wildman–Crippen LogP) is 2.03. The van der Waals surface area contributed by atoms with Gasteiger partial charge in [-0.2, -0.15) is 0 Å². The quantitative estimate of drug-likeness (QED) is 0.304. The summed E-state index contributed by atoms with van der Waals surface area (Å²) in [6.45, 7) is 9.92. The number of methoxy groups -OCH3 is 2. The van der Waals surface area contributed by atoms with Crippen LogP contribution < -0.4 is 16.1 Å². The van der Waals surface area contributed by atoms with E-state index in [9.17, 15) is 9.90 Å². The van der Waals surface area contributed by atoms with Crippen molar-refractivity contribution in [2.45, 2.75) is 82.6 Å². The molecule has 1 saturated heterocycles. The Kier molecular flexibility index (Phi) is 7.24. The molecule has 3 atom stereocenters. The Bertz CT molecular complexity index is 1050. The number of carbonyl (C=O) groups is 1. The van der Waals surface area contributed by atoms with Crippen molar-refractivity contribution in [3.8, 4) is 11.3 Å². The second-order valence-electron chi connectivity index (χ2n) is 10.6. The number of H-pyrrole nitrogens is 1. The highest BCUT2D eigenvalue weighted by Crippen LogP contribution is 2.45. The van der Waals surface area contributed by atoms with Gasteiger partial charge in [0, 0.05) is 7.11 Å². The third kappa shape index (κ3) is 5.16. The van der Waals surface area contributed by atoms with Gasteiger partial charge < -0.3 is 34.2 Å². The third-order valence-corrected chi connectivity index (χ3v) is 7.64. The SMILES string of the molecule is COC(=O)N[C@H](C(O)NC1(c2ncc(-c3ccc(B4OC(C)(C)C(C)(C)O4)cc3)[nH]2)CC1)[C@@H](C)OC. The van der Waals surface area contributed by atoms with Crippen LogP contribution in [0.3, 0.4) is 0 Å². The summed E-state index contributed by atoms with van der Waals surface area (Å²) in [6.07, 6.45) is 1.22. The van der Waals surface area contributed by atoms with Gasteiger partial charge in [-0.3, -0.25) is 5.32 Å². The Morgan fingerprint density at radius 3 is 2.28 bits per heavy atom. The summed E-state index contributed by atoms with van der Waals surface area (Å²) >= 11 is 0. The van der Waals surface area contributed by atoms with Gasteiger partial charge in [-0.05, 0) is 58.5 Å². The van der Waals surface area contributed by atoms with Gasteiger partial charge >= 0.3 is 13.2 Å². The minimum Gasteiger partial charge on any atom is -0.453 e. The van der Waals surface area contributed by atoms with Gasteiger partial charge in [0.1, 0.15) is 12.1 Å². The van der Waals surface area contributed by atoms with Crippen LogP contribution in [0.25, 0.3) is 11.3 Å². The molecule has 1 amide bonds. The highest BCUT2D eigenvalue weighted by molar-refractivity contribution is 6.62. The Labute approximate surface area is 212 Å². The molecule has 2 aliphatic rings. The van der Waals surface area contributed by atoms with Crippen LogP contribution >= 0.6 is 0 Å². The standard InChI is InChI=1S/C25H37BN4O6/c1-15(33-6)19(29-22(32)34-7)20(31)30-25(12-13-25)21-27-14-18(28-21)16-8-10-17(11-9-16)26-35-23(2,3)24(4,5)36-26/h8-11,14-15,19-20,30-31H,12-13H2,1-7H3,(H,27,28)(H,29,32)/t15-,19+,20?/m1/s1. The highest BCUT2D eigenvalue weighted by Gasteiger charge is 2.52. The number of ether oxygens (including phenoxy) is 2. The lowest BCUT2D eigenvalue weighted by molar-refractivity contribution is -0.00286. The van der Waals surface area contributed by atoms with E-state index in [2.05, 4.69) is 20.6 Å². The minimum atomic E-state index is -1.07. The van der Waals surface area contributed by atoms with Crippen molar-refractivity contribution in [2.75, 3.05) is 14.2 Å². The lowest BCUT2D eigenvalue weighted by atomic mass is 9.79. The second-order valence-corrected chi connectivity index (χ2v) is 10.6. The second kappa shape index (κ2) is 9.79. The number of hydrogen-bond acceptors (Lipinski definition) is 8. The molecular weight excluding hydrogens is 463 g/mol. The molecule has 11 heteroatoms. The Morgan fingerprint density at radius 1 is 1.14 bits per heavy atom. The Morgan fingerprint density at radius 2 is 1.75 bits per heavy atom. The van der Waals surface area contributed by atoms with Crippen molar-refractivity contribution in [1.29, 1.82) is 0 Å². The summed E-state index contributed by atoms with van der Waals surface area (Å²) in [7, 11) is 2.38. The van der Waals surface area contributed by atoms with Crippen LogP contribution in [0.5, 0.6) is 0 Å². The summed E-state index contributed by atoms with van der Waals surface area (Å²) < 4.78 is 22.3. The fraction of sp³-hybridized carbons (Fsp3) is 0.600. The number of carbonyl (C=O) groups excluding carboxylic acids is 1. The van der Waals surface area contributed by atoms with Gasteiger partial charge in [-0.1, -0.05) is 24.3 Å². The maximum atomic E-state index is 11.8. The number of aliphatic hydroxyl groups excluding tert-OH is 1. The van der Waals surface area contributed by atoms with E-state index >= 15 is 0 Å². The van der Waals surface area contributed by atoms with Crippen molar-refractivity contribution in [3.63, 3.8) is 0 Å². The highest BCUT2D eigenvalue weighted by atomic mass is 16.7. The van der Waals surface area contributed by atoms with E-state index in [0.29, 0.717) is 0 Å². The first-order valence-corrected chi connectivity index (χ1v) is 12.3. The average molecular weight is 500 g/mol. The van der Waals surface area contributed by atoms with Crippen molar-refractivity contribution < 1.29 is 28.7 Å². The van der Waals surface area contributed by atoms with E-state index in [-0.39, 0.29) is 0 Å². The molecule has 36 heavy (non-hydrogen) atoms. The van der Waals surface area contributed by atoms with E-state index in [1.807, 2.05) is 52.0 Å². The van der Waals surface area contributed by atoms with Crippen molar-refractivity contribution in [3.05, 3.63) is 36.3 Å². The number of aromatic nitrogens is 2. The van der Waals surface area contributed by atoms with Gasteiger partial charge in [0.15, 0.2) is 0 Å². The molecule has 2 heterocycles. The molecule has 10 nitrogen and oxygen atoms in total. The van der Waals surface area contributed by atoms with Crippen molar-refractivity contribution in [2.24, 2.45) is 0 Å². The first-order valence-electron chi connectivity index (χ1n) is 12.3. The van der Waals surface area contributed by atoms with Crippen LogP contribution in [0.15, 0.2) is 30.5 Å². The first-order chi connectivity index (χ1) is 16.9. The molecule has 1 aromatic carbocycles. The Hall–Kier alpha value is -2.44. The van der Waals surface area contributed by atoms with E-state index in [4.69, 9.17) is 18.8 Å². The van der Waals surface area contributed by atoms with E-state index in [1.165, 1.54) is 14.2 Å². The number of aromatic amines is 1. The van der Waals surface area contributed by atoms with Crippen LogP contribution in [0.4, 0.5) is 4.79 Å². The monoisotopic (exact) mass is 500 g/mol. The zero-order chi connectivity index (χ0) is 26.3. The number of imidazole rings is 1. The van der Waals surface area contributed by atoms with Gasteiger partial charge in [0.25, 0.3) is 0 Å². The number of nitrogens with zero attached hydrogens (tertiary/aromatic N) is 1. The summed E-state index contributed by atoms with van der Waals surface area (Å²) in [5, 5.41) is 16.8. The number of nitrogens with one attached hydrogen (secondary N) is 3. The zero-order valence-corrected chi connectivity index (χ0v) is 22.0. The molecule has 4 rings (SSSR count). The molecule has 1 aliphatic heterocycles. The maximum absolute atomic E-state index is 11.8. The van der Waals surface area contributed by atoms with Gasteiger partial charge in [0.05, 0.1) is 47.9 Å². The average Bonchev–Trinajstić information content (AvgIpc) is 3.36. The van der Waals surface area contributed by atoms with Gasteiger partial charge in [-0.25, -0.2) is 9.78 Å². The number of hydrogen-bond donors (Lipinski definition) is 4. The smallest absolute Gasteiger partial charge is 0.453 e. The van der Waals surface area contributed by atoms with Crippen LogP contribution in [-0.4, -0.2) is 72.1 Å². The van der Waals surface area contributed by atoms with Crippen molar-refractivity contribution in [1.82, 2.24) is 20.6 Å². The topological polar surface area (TPSA) is 127 Å². The van der Waals surface area contributed by atoms with Crippen LogP contribution in [0.2, 0.25) is 0 Å². The normalized spacial score (nSPS) is 22.1. The summed E-state index contributed by atoms with van der Waals surface area (Å²) in [5.74, 6) is 0.730. The first kappa shape index (κ1) is 26.6. The van der Waals surface area contributed by atoms with E-state index in [1.54, 1.807) is 13.1 Å². The molecular formula is C25H37BN4O6. The summed E-state index contributed by atoms with van der Waals surface area (Å²) in [6, 6.07) is 7.31. The number of alkyl carbamates (subject to hydrolysis) is 1. The van der Waals surface area contributed by atoms with Gasteiger partial charge in [0.2, 0.25) is 0 Å². The molecule has 4 N–H and O–H groups in total. The number of rotatable bonds is 9. The lowest BCUT2D eigenvalue weighted by Crippen LogP contribution is -2.57. The molecule has 1 saturated carbocycles. The van der Waals surface area contributed by atoms with E-state index < -0.39 is 48.3 Å². The summed E-state index contributed by atoms with van der Waals surface area (Å²) in [5.41, 5.74) is 1.50. The number of benzene rings is 1. The van der Waals surface area contributed by atoms with Gasteiger partial charge in [-0.15, -0.1) is 0 Å². The minimum absolute atomic E-state index is 0.392.